The van der Waals surface area contributed by atoms with Crippen LogP contribution in [0.2, 0.25) is 0 Å². The highest BCUT2D eigenvalue weighted by atomic mass is 16.4. The Morgan fingerprint density at radius 2 is 2.17 bits per heavy atom. The number of aromatic nitrogens is 2. The number of carbonyl (C=O) groups is 1. The van der Waals surface area contributed by atoms with Crippen molar-refractivity contribution in [1.82, 2.24) is 9.78 Å². The van der Waals surface area contributed by atoms with E-state index in [0.29, 0.717) is 11.4 Å². The van der Waals surface area contributed by atoms with E-state index in [-0.39, 0.29) is 12.3 Å². The van der Waals surface area contributed by atoms with Crippen LogP contribution in [0.4, 0.5) is 0 Å². The molecule has 0 atom stereocenters. The third-order valence-electron chi connectivity index (χ3n) is 1.63. The number of carboxylic acid groups (broad SMARTS) is 1. The molecule has 0 aromatic carbocycles. The van der Waals surface area contributed by atoms with Crippen LogP contribution in [-0.4, -0.2) is 26.0 Å². The fourth-order valence-electron chi connectivity index (χ4n) is 0.970. The maximum atomic E-state index is 10.3. The van der Waals surface area contributed by atoms with Gasteiger partial charge in [-0.15, -0.1) is 0 Å². The molecule has 0 aliphatic rings. The average molecular weight is 170 g/mol. The van der Waals surface area contributed by atoms with Crippen molar-refractivity contribution in [3.8, 4) is 5.75 Å². The summed E-state index contributed by atoms with van der Waals surface area (Å²) >= 11 is 0. The van der Waals surface area contributed by atoms with E-state index in [1.165, 1.54) is 4.68 Å². The van der Waals surface area contributed by atoms with Gasteiger partial charge in [0.2, 0.25) is 0 Å². The van der Waals surface area contributed by atoms with Gasteiger partial charge < -0.3 is 10.2 Å². The fourth-order valence-corrected chi connectivity index (χ4v) is 0.970. The van der Waals surface area contributed by atoms with Crippen molar-refractivity contribution in [3.63, 3.8) is 0 Å². The van der Waals surface area contributed by atoms with E-state index in [4.69, 9.17) is 5.11 Å². The summed E-state index contributed by atoms with van der Waals surface area (Å²) in [5.41, 5.74) is 0.934. The van der Waals surface area contributed by atoms with Crippen molar-refractivity contribution in [1.29, 1.82) is 0 Å². The first kappa shape index (κ1) is 8.58. The number of hydrogen-bond donors (Lipinski definition) is 2. The van der Waals surface area contributed by atoms with E-state index >= 15 is 0 Å². The first-order valence-electron chi connectivity index (χ1n) is 3.47. The molecule has 0 amide bonds. The summed E-state index contributed by atoms with van der Waals surface area (Å²) in [5, 5.41) is 21.5. The SMILES string of the molecule is Cc1nn(CC(=O)O)c(C)c1O. The van der Waals surface area contributed by atoms with Crippen LogP contribution in [0.1, 0.15) is 11.4 Å². The molecule has 0 bridgehead atoms. The van der Waals surface area contributed by atoms with E-state index in [9.17, 15) is 9.90 Å². The highest BCUT2D eigenvalue weighted by Crippen LogP contribution is 2.19. The molecule has 0 saturated carbocycles. The second kappa shape index (κ2) is 2.84. The summed E-state index contributed by atoms with van der Waals surface area (Å²) in [6, 6.07) is 0. The van der Waals surface area contributed by atoms with Gasteiger partial charge in [-0.25, -0.2) is 0 Å². The summed E-state index contributed by atoms with van der Waals surface area (Å²) in [7, 11) is 0. The molecule has 12 heavy (non-hydrogen) atoms. The van der Waals surface area contributed by atoms with Crippen LogP contribution >= 0.6 is 0 Å². The Morgan fingerprint density at radius 1 is 1.58 bits per heavy atom. The molecule has 1 aromatic heterocycles. The molecular formula is C7H10N2O3. The summed E-state index contributed by atoms with van der Waals surface area (Å²) in [4.78, 5) is 10.3. The molecule has 1 heterocycles. The largest absolute Gasteiger partial charge is 0.504 e. The molecule has 1 aromatic rings. The molecular weight excluding hydrogens is 160 g/mol. The lowest BCUT2D eigenvalue weighted by Gasteiger charge is -1.97. The zero-order valence-electron chi connectivity index (χ0n) is 6.90. The van der Waals surface area contributed by atoms with E-state index in [0.717, 1.165) is 0 Å². The Morgan fingerprint density at radius 3 is 2.50 bits per heavy atom. The van der Waals surface area contributed by atoms with Gasteiger partial charge in [-0.3, -0.25) is 9.48 Å². The van der Waals surface area contributed by atoms with Crippen molar-refractivity contribution < 1.29 is 15.0 Å². The van der Waals surface area contributed by atoms with Crippen molar-refractivity contribution >= 4 is 5.97 Å². The number of aromatic hydroxyl groups is 1. The van der Waals surface area contributed by atoms with E-state index in [1.807, 2.05) is 0 Å². The van der Waals surface area contributed by atoms with Gasteiger partial charge in [0.1, 0.15) is 12.2 Å². The maximum absolute atomic E-state index is 10.3. The lowest BCUT2D eigenvalue weighted by molar-refractivity contribution is -0.137. The maximum Gasteiger partial charge on any atom is 0.325 e. The van der Waals surface area contributed by atoms with Gasteiger partial charge in [-0.1, -0.05) is 0 Å². The van der Waals surface area contributed by atoms with Gasteiger partial charge in [-0.05, 0) is 13.8 Å². The summed E-state index contributed by atoms with van der Waals surface area (Å²) in [6.07, 6.45) is 0. The molecule has 0 aliphatic heterocycles. The number of hydrogen-bond acceptors (Lipinski definition) is 3. The van der Waals surface area contributed by atoms with Crippen LogP contribution in [0.3, 0.4) is 0 Å². The van der Waals surface area contributed by atoms with E-state index < -0.39 is 5.97 Å². The number of rotatable bonds is 2. The zero-order chi connectivity index (χ0) is 9.30. The van der Waals surface area contributed by atoms with E-state index in [2.05, 4.69) is 5.10 Å². The lowest BCUT2D eigenvalue weighted by atomic mass is 10.3. The van der Waals surface area contributed by atoms with Crippen LogP contribution in [0.25, 0.3) is 0 Å². The number of carboxylic acids is 1. The summed E-state index contributed by atoms with van der Waals surface area (Å²) in [6.45, 7) is 3.03. The predicted molar refractivity (Wildman–Crippen MR) is 41.0 cm³/mol. The van der Waals surface area contributed by atoms with E-state index in [1.54, 1.807) is 13.8 Å². The number of nitrogens with zero attached hydrogens (tertiary/aromatic N) is 2. The van der Waals surface area contributed by atoms with Crippen LogP contribution in [0, 0.1) is 13.8 Å². The Kier molecular flexibility index (Phi) is 2.03. The van der Waals surface area contributed by atoms with Gasteiger partial charge in [0.25, 0.3) is 0 Å². The second-order valence-corrected chi connectivity index (χ2v) is 2.57. The topological polar surface area (TPSA) is 75.4 Å². The van der Waals surface area contributed by atoms with Gasteiger partial charge in [-0.2, -0.15) is 5.10 Å². The highest BCUT2D eigenvalue weighted by Gasteiger charge is 2.11. The summed E-state index contributed by atoms with van der Waals surface area (Å²) in [5.74, 6) is -0.906. The highest BCUT2D eigenvalue weighted by molar-refractivity contribution is 5.66. The molecule has 0 unspecified atom stereocenters. The molecule has 5 heteroatoms. The first-order chi connectivity index (χ1) is 5.52. The smallest absolute Gasteiger partial charge is 0.325 e. The molecule has 0 aliphatic carbocycles. The molecule has 0 radical (unpaired) electrons. The molecule has 1 rings (SSSR count). The Labute approximate surface area is 69.2 Å². The summed E-state index contributed by atoms with van der Waals surface area (Å²) < 4.78 is 1.26. The quantitative estimate of drug-likeness (QED) is 0.668. The van der Waals surface area contributed by atoms with Gasteiger partial charge in [0.05, 0.1) is 5.69 Å². The molecule has 66 valence electrons. The fraction of sp³-hybridized carbons (Fsp3) is 0.429. The Bertz CT molecular complexity index is 317. The minimum Gasteiger partial charge on any atom is -0.504 e. The molecule has 5 nitrogen and oxygen atoms in total. The van der Waals surface area contributed by atoms with Crippen molar-refractivity contribution in [2.45, 2.75) is 20.4 Å². The third-order valence-corrected chi connectivity index (χ3v) is 1.63. The van der Waals surface area contributed by atoms with Crippen molar-refractivity contribution in [3.05, 3.63) is 11.4 Å². The van der Waals surface area contributed by atoms with Gasteiger partial charge in [0.15, 0.2) is 5.75 Å². The molecule has 0 fully saturated rings. The number of aryl methyl sites for hydroxylation is 1. The normalized spacial score (nSPS) is 10.2. The third kappa shape index (κ3) is 1.39. The van der Waals surface area contributed by atoms with Crippen LogP contribution in [0.15, 0.2) is 0 Å². The molecule has 2 N–H and O–H groups in total. The van der Waals surface area contributed by atoms with Crippen LogP contribution in [0.5, 0.6) is 5.75 Å². The Balaban J connectivity index is 3.01. The van der Waals surface area contributed by atoms with Crippen LogP contribution in [-0.2, 0) is 11.3 Å². The monoisotopic (exact) mass is 170 g/mol. The van der Waals surface area contributed by atoms with Gasteiger partial charge >= 0.3 is 5.97 Å². The number of aliphatic carboxylic acids is 1. The second-order valence-electron chi connectivity index (χ2n) is 2.57. The first-order valence-corrected chi connectivity index (χ1v) is 3.47. The molecule has 0 saturated heterocycles. The minimum absolute atomic E-state index is 0.0660. The minimum atomic E-state index is -0.972. The van der Waals surface area contributed by atoms with Crippen molar-refractivity contribution in [2.24, 2.45) is 0 Å². The zero-order valence-corrected chi connectivity index (χ0v) is 6.90. The molecule has 0 spiro atoms. The van der Waals surface area contributed by atoms with Crippen molar-refractivity contribution in [2.75, 3.05) is 0 Å². The van der Waals surface area contributed by atoms with Gasteiger partial charge in [0, 0.05) is 0 Å². The predicted octanol–water partition coefficient (Wildman–Crippen LogP) is 0.290. The van der Waals surface area contributed by atoms with Crippen LogP contribution < -0.4 is 0 Å². The standard InChI is InChI=1S/C7H10N2O3/c1-4-7(12)5(2)9(8-4)3-6(10)11/h12H,3H2,1-2H3,(H,10,11). The Hall–Kier alpha value is -1.52. The average Bonchev–Trinajstić information content (AvgIpc) is 2.17. The lowest BCUT2D eigenvalue weighted by Crippen LogP contribution is -2.11.